The molecule has 0 aromatic heterocycles. The Labute approximate surface area is 164 Å². The van der Waals surface area contributed by atoms with Crippen LogP contribution in [-0.4, -0.2) is 47.1 Å². The molecule has 6 nitrogen and oxygen atoms in total. The van der Waals surface area contributed by atoms with E-state index in [0.29, 0.717) is 18.6 Å². The normalized spacial score (nSPS) is 25.2. The van der Waals surface area contributed by atoms with E-state index in [1.54, 1.807) is 16.7 Å². The van der Waals surface area contributed by atoms with E-state index in [0.717, 1.165) is 18.4 Å². The van der Waals surface area contributed by atoms with Gasteiger partial charge in [-0.15, -0.1) is 11.8 Å². The summed E-state index contributed by atoms with van der Waals surface area (Å²) in [6.45, 7) is 3.66. The van der Waals surface area contributed by atoms with Crippen LogP contribution in [0.5, 0.6) is 0 Å². The maximum absolute atomic E-state index is 12.6. The number of carbonyl (C=O) groups is 3. The summed E-state index contributed by atoms with van der Waals surface area (Å²) in [7, 11) is 0. The lowest BCUT2D eigenvalue weighted by Gasteiger charge is -2.33. The average Bonchev–Trinajstić information content (AvgIpc) is 3.20. The zero-order chi connectivity index (χ0) is 19.4. The molecule has 0 bridgehead atoms. The molecular weight excluding hydrogens is 364 g/mol. The molecule has 146 valence electrons. The van der Waals surface area contributed by atoms with Gasteiger partial charge in [-0.05, 0) is 25.3 Å². The molecule has 2 aliphatic heterocycles. The lowest BCUT2D eigenvalue weighted by molar-refractivity contribution is -0.156. The minimum atomic E-state index is -0.647. The van der Waals surface area contributed by atoms with Crippen LogP contribution in [0.2, 0.25) is 0 Å². The second kappa shape index (κ2) is 8.33. The molecule has 0 aliphatic carbocycles. The Balaban J connectivity index is 1.65. The minimum Gasteiger partial charge on any atom is -0.454 e. The van der Waals surface area contributed by atoms with Crippen LogP contribution >= 0.6 is 11.8 Å². The van der Waals surface area contributed by atoms with Crippen molar-refractivity contribution in [1.29, 1.82) is 0 Å². The van der Waals surface area contributed by atoms with E-state index >= 15 is 0 Å². The van der Waals surface area contributed by atoms with Crippen LogP contribution in [0.15, 0.2) is 30.3 Å². The summed E-state index contributed by atoms with van der Waals surface area (Å²) < 4.78 is 5.25. The third-order valence-electron chi connectivity index (χ3n) is 5.10. The van der Waals surface area contributed by atoms with Gasteiger partial charge >= 0.3 is 5.97 Å². The molecule has 2 heterocycles. The van der Waals surface area contributed by atoms with E-state index in [2.05, 4.69) is 5.32 Å². The Morgan fingerprint density at radius 1 is 1.37 bits per heavy atom. The SMILES string of the molecule is CCC[C@H](C)NC(=O)COC(=O)[C@@H]1CS[C@@]2(c3ccccc3)CCC(=O)N12. The van der Waals surface area contributed by atoms with Crippen LogP contribution in [0.25, 0.3) is 0 Å². The molecule has 1 aromatic rings. The van der Waals surface area contributed by atoms with Crippen molar-refractivity contribution in [3.63, 3.8) is 0 Å². The van der Waals surface area contributed by atoms with Crippen molar-refractivity contribution in [2.75, 3.05) is 12.4 Å². The van der Waals surface area contributed by atoms with Gasteiger partial charge in [0.25, 0.3) is 5.91 Å². The molecule has 0 unspecified atom stereocenters. The van der Waals surface area contributed by atoms with E-state index in [9.17, 15) is 14.4 Å². The third kappa shape index (κ3) is 3.98. The van der Waals surface area contributed by atoms with Crippen molar-refractivity contribution in [2.24, 2.45) is 0 Å². The van der Waals surface area contributed by atoms with Gasteiger partial charge in [0.15, 0.2) is 6.61 Å². The number of rotatable bonds is 7. The first-order valence-corrected chi connectivity index (χ1v) is 10.4. The van der Waals surface area contributed by atoms with Crippen molar-refractivity contribution < 1.29 is 19.1 Å². The lowest BCUT2D eigenvalue weighted by atomic mass is 10.0. The fraction of sp³-hybridized carbons (Fsp3) is 0.550. The number of nitrogens with zero attached hydrogens (tertiary/aromatic N) is 1. The fourth-order valence-corrected chi connectivity index (χ4v) is 5.51. The summed E-state index contributed by atoms with van der Waals surface area (Å²) >= 11 is 1.61. The van der Waals surface area contributed by atoms with E-state index in [1.165, 1.54) is 0 Å². The molecule has 2 aliphatic rings. The summed E-state index contributed by atoms with van der Waals surface area (Å²) in [6.07, 6.45) is 2.94. The van der Waals surface area contributed by atoms with Crippen LogP contribution < -0.4 is 5.32 Å². The molecule has 0 spiro atoms. The predicted molar refractivity (Wildman–Crippen MR) is 104 cm³/mol. The van der Waals surface area contributed by atoms with Crippen LogP contribution in [0.1, 0.15) is 45.1 Å². The number of hydrogen-bond acceptors (Lipinski definition) is 5. The molecule has 3 rings (SSSR count). The number of fused-ring (bicyclic) bond motifs is 1. The second-order valence-electron chi connectivity index (χ2n) is 7.11. The number of hydrogen-bond donors (Lipinski definition) is 1. The van der Waals surface area contributed by atoms with E-state index in [1.807, 2.05) is 44.2 Å². The molecule has 0 saturated carbocycles. The van der Waals surface area contributed by atoms with Crippen molar-refractivity contribution in [1.82, 2.24) is 10.2 Å². The van der Waals surface area contributed by atoms with Gasteiger partial charge in [-0.3, -0.25) is 9.59 Å². The van der Waals surface area contributed by atoms with Gasteiger partial charge in [0.1, 0.15) is 10.9 Å². The predicted octanol–water partition coefficient (Wildman–Crippen LogP) is 2.43. The molecular formula is C20H26N2O4S. The first-order valence-electron chi connectivity index (χ1n) is 9.45. The van der Waals surface area contributed by atoms with Crippen LogP contribution in [0.4, 0.5) is 0 Å². The lowest BCUT2D eigenvalue weighted by Crippen LogP contribution is -2.47. The van der Waals surface area contributed by atoms with Gasteiger partial charge in [0.05, 0.1) is 0 Å². The zero-order valence-electron chi connectivity index (χ0n) is 15.8. The van der Waals surface area contributed by atoms with E-state index in [4.69, 9.17) is 4.74 Å². The number of esters is 1. The van der Waals surface area contributed by atoms with Crippen molar-refractivity contribution in [2.45, 2.75) is 56.5 Å². The molecule has 1 N–H and O–H groups in total. The number of amides is 2. The first-order chi connectivity index (χ1) is 13.0. The van der Waals surface area contributed by atoms with Gasteiger partial charge in [0.2, 0.25) is 5.91 Å². The van der Waals surface area contributed by atoms with Crippen LogP contribution in [0.3, 0.4) is 0 Å². The Kier molecular flexibility index (Phi) is 6.09. The summed E-state index contributed by atoms with van der Waals surface area (Å²) in [5.74, 6) is -0.370. The monoisotopic (exact) mass is 390 g/mol. The molecule has 3 atom stereocenters. The smallest absolute Gasteiger partial charge is 0.330 e. The van der Waals surface area contributed by atoms with Crippen molar-refractivity contribution in [3.8, 4) is 0 Å². The molecule has 2 amide bonds. The minimum absolute atomic E-state index is 0.0353. The molecule has 27 heavy (non-hydrogen) atoms. The van der Waals surface area contributed by atoms with E-state index < -0.39 is 16.9 Å². The quantitative estimate of drug-likeness (QED) is 0.724. The van der Waals surface area contributed by atoms with Crippen LogP contribution in [0, 0.1) is 0 Å². The van der Waals surface area contributed by atoms with Gasteiger partial charge in [-0.2, -0.15) is 0 Å². The maximum Gasteiger partial charge on any atom is 0.330 e. The Bertz CT molecular complexity index is 711. The number of thioether (sulfide) groups is 1. The zero-order valence-corrected chi connectivity index (χ0v) is 16.6. The summed E-state index contributed by atoms with van der Waals surface area (Å²) in [6, 6.07) is 9.22. The fourth-order valence-electron chi connectivity index (χ4n) is 3.87. The van der Waals surface area contributed by atoms with E-state index in [-0.39, 0.29) is 24.5 Å². The number of benzene rings is 1. The highest BCUT2D eigenvalue weighted by molar-refractivity contribution is 8.00. The maximum atomic E-state index is 12.6. The Morgan fingerprint density at radius 3 is 2.81 bits per heavy atom. The highest BCUT2D eigenvalue weighted by Gasteiger charge is 2.57. The molecule has 1 aromatic carbocycles. The molecule has 0 radical (unpaired) electrons. The van der Waals surface area contributed by atoms with Gasteiger partial charge in [-0.1, -0.05) is 43.7 Å². The summed E-state index contributed by atoms with van der Waals surface area (Å²) in [5, 5.41) is 2.81. The molecule has 2 fully saturated rings. The first kappa shape index (κ1) is 19.7. The number of nitrogens with one attached hydrogen (secondary N) is 1. The van der Waals surface area contributed by atoms with Gasteiger partial charge in [-0.25, -0.2) is 4.79 Å². The number of ether oxygens (including phenoxy) is 1. The van der Waals surface area contributed by atoms with Gasteiger partial charge < -0.3 is 15.0 Å². The van der Waals surface area contributed by atoms with Crippen molar-refractivity contribution in [3.05, 3.63) is 35.9 Å². The summed E-state index contributed by atoms with van der Waals surface area (Å²) in [4.78, 5) is 38.3. The number of carbonyl (C=O) groups excluding carboxylic acids is 3. The summed E-state index contributed by atoms with van der Waals surface area (Å²) in [5.41, 5.74) is 1.03. The second-order valence-corrected chi connectivity index (χ2v) is 8.40. The highest BCUT2D eigenvalue weighted by atomic mass is 32.2. The van der Waals surface area contributed by atoms with Crippen molar-refractivity contribution >= 4 is 29.5 Å². The van der Waals surface area contributed by atoms with Gasteiger partial charge in [0, 0.05) is 18.2 Å². The third-order valence-corrected chi connectivity index (χ3v) is 6.70. The molecule has 2 saturated heterocycles. The molecule has 7 heteroatoms. The average molecular weight is 391 g/mol. The standard InChI is InChI=1S/C20H26N2O4S/c1-3-7-14(2)21-17(23)12-26-19(25)16-13-27-20(11-10-18(24)22(16)20)15-8-5-4-6-9-15/h4-6,8-9,14,16H,3,7,10-13H2,1-2H3,(H,21,23)/t14-,16-,20+/m0/s1. The highest BCUT2D eigenvalue weighted by Crippen LogP contribution is 2.54. The topological polar surface area (TPSA) is 75.7 Å². The van der Waals surface area contributed by atoms with Crippen LogP contribution in [-0.2, 0) is 24.0 Å². The Morgan fingerprint density at radius 2 is 2.11 bits per heavy atom. The Hall–Kier alpha value is -2.02. The largest absolute Gasteiger partial charge is 0.454 e.